The summed E-state index contributed by atoms with van der Waals surface area (Å²) in [5, 5.41) is 8.66. The molecule has 1 aromatic carbocycles. The normalized spacial score (nSPS) is 9.93. The summed E-state index contributed by atoms with van der Waals surface area (Å²) in [5.41, 5.74) is 1.71. The van der Waals surface area contributed by atoms with Crippen LogP contribution in [0.2, 0.25) is 0 Å². The molecule has 0 bridgehead atoms. The van der Waals surface area contributed by atoms with Gasteiger partial charge >= 0.3 is 5.97 Å². The van der Waals surface area contributed by atoms with E-state index in [0.717, 1.165) is 21.3 Å². The zero-order valence-corrected chi connectivity index (χ0v) is 9.59. The number of aliphatic carboxylic acids is 1. The second kappa shape index (κ2) is 4.46. The lowest BCUT2D eigenvalue weighted by molar-refractivity contribution is -0.136. The predicted octanol–water partition coefficient (Wildman–Crippen LogP) is 2.39. The molecule has 0 atom stereocenters. The molecule has 0 radical (unpaired) electrons. The smallest absolute Gasteiger partial charge is 0.307 e. The van der Waals surface area contributed by atoms with Gasteiger partial charge in [-0.25, -0.2) is 0 Å². The third-order valence-corrected chi connectivity index (χ3v) is 3.01. The second-order valence-corrected chi connectivity index (χ2v) is 3.73. The molecular formula is C10H11BrO3. The molecule has 76 valence electrons. The molecule has 0 spiro atoms. The molecular weight excluding hydrogens is 248 g/mol. The Morgan fingerprint density at radius 1 is 1.57 bits per heavy atom. The van der Waals surface area contributed by atoms with E-state index < -0.39 is 5.97 Å². The van der Waals surface area contributed by atoms with E-state index in [0.29, 0.717) is 0 Å². The van der Waals surface area contributed by atoms with Crippen LogP contribution in [0.4, 0.5) is 0 Å². The van der Waals surface area contributed by atoms with Crippen molar-refractivity contribution in [2.75, 3.05) is 7.11 Å². The van der Waals surface area contributed by atoms with E-state index in [2.05, 4.69) is 15.9 Å². The van der Waals surface area contributed by atoms with Gasteiger partial charge in [-0.05, 0) is 40.0 Å². The van der Waals surface area contributed by atoms with Crippen LogP contribution in [0.1, 0.15) is 11.1 Å². The van der Waals surface area contributed by atoms with Crippen molar-refractivity contribution in [3.05, 3.63) is 27.7 Å². The lowest BCUT2D eigenvalue weighted by Gasteiger charge is -2.09. The predicted molar refractivity (Wildman–Crippen MR) is 56.8 cm³/mol. The Bertz CT molecular complexity index is 361. The van der Waals surface area contributed by atoms with Crippen LogP contribution in [0.5, 0.6) is 5.75 Å². The number of ether oxygens (including phenoxy) is 1. The van der Waals surface area contributed by atoms with E-state index >= 15 is 0 Å². The van der Waals surface area contributed by atoms with Crippen LogP contribution in [-0.2, 0) is 11.2 Å². The number of hydrogen-bond acceptors (Lipinski definition) is 2. The Hall–Kier alpha value is -1.03. The van der Waals surface area contributed by atoms with Crippen molar-refractivity contribution >= 4 is 21.9 Å². The summed E-state index contributed by atoms with van der Waals surface area (Å²) < 4.78 is 5.91. The van der Waals surface area contributed by atoms with Crippen LogP contribution >= 0.6 is 15.9 Å². The summed E-state index contributed by atoms with van der Waals surface area (Å²) in [7, 11) is 1.58. The highest BCUT2D eigenvalue weighted by atomic mass is 79.9. The minimum absolute atomic E-state index is 0.0361. The van der Waals surface area contributed by atoms with E-state index in [1.54, 1.807) is 19.2 Å². The molecule has 14 heavy (non-hydrogen) atoms. The number of carbonyl (C=O) groups is 1. The van der Waals surface area contributed by atoms with Crippen LogP contribution in [-0.4, -0.2) is 18.2 Å². The minimum atomic E-state index is -0.829. The molecule has 0 aliphatic carbocycles. The van der Waals surface area contributed by atoms with Gasteiger partial charge in [0, 0.05) is 0 Å². The van der Waals surface area contributed by atoms with E-state index in [9.17, 15) is 4.79 Å². The highest BCUT2D eigenvalue weighted by Gasteiger charge is 2.10. The lowest BCUT2D eigenvalue weighted by Crippen LogP contribution is -2.02. The summed E-state index contributed by atoms with van der Waals surface area (Å²) in [6.45, 7) is 1.87. The quantitative estimate of drug-likeness (QED) is 0.906. The first-order chi connectivity index (χ1) is 6.56. The van der Waals surface area contributed by atoms with Gasteiger partial charge in [0.05, 0.1) is 18.0 Å². The molecule has 1 rings (SSSR count). The van der Waals surface area contributed by atoms with Crippen LogP contribution in [0, 0.1) is 6.92 Å². The van der Waals surface area contributed by atoms with Crippen molar-refractivity contribution in [1.29, 1.82) is 0 Å². The summed E-state index contributed by atoms with van der Waals surface area (Å²) >= 11 is 3.36. The van der Waals surface area contributed by atoms with Gasteiger partial charge in [-0.15, -0.1) is 0 Å². The fourth-order valence-corrected chi connectivity index (χ4v) is 1.76. The number of carboxylic acid groups (broad SMARTS) is 1. The lowest BCUT2D eigenvalue weighted by atomic mass is 10.1. The van der Waals surface area contributed by atoms with E-state index in [1.807, 2.05) is 6.92 Å². The number of halogens is 1. The highest BCUT2D eigenvalue weighted by molar-refractivity contribution is 9.10. The topological polar surface area (TPSA) is 46.5 Å². The summed E-state index contributed by atoms with van der Waals surface area (Å²) in [4.78, 5) is 10.5. The van der Waals surface area contributed by atoms with Crippen LogP contribution in [0.15, 0.2) is 16.6 Å². The zero-order chi connectivity index (χ0) is 10.7. The van der Waals surface area contributed by atoms with Gasteiger partial charge in [0.15, 0.2) is 0 Å². The zero-order valence-electron chi connectivity index (χ0n) is 8.00. The maximum atomic E-state index is 10.5. The molecule has 0 amide bonds. The molecule has 1 aromatic rings. The number of rotatable bonds is 3. The average molecular weight is 259 g/mol. The number of hydrogen-bond donors (Lipinski definition) is 1. The molecule has 0 unspecified atom stereocenters. The highest BCUT2D eigenvalue weighted by Crippen LogP contribution is 2.30. The molecule has 4 heteroatoms. The molecule has 0 heterocycles. The minimum Gasteiger partial charge on any atom is -0.496 e. The maximum absolute atomic E-state index is 10.5. The molecule has 0 aliphatic rings. The molecule has 0 saturated heterocycles. The van der Waals surface area contributed by atoms with Crippen LogP contribution in [0.3, 0.4) is 0 Å². The van der Waals surface area contributed by atoms with Crippen molar-refractivity contribution < 1.29 is 14.6 Å². The average Bonchev–Trinajstić information content (AvgIpc) is 2.13. The van der Waals surface area contributed by atoms with Crippen molar-refractivity contribution in [2.45, 2.75) is 13.3 Å². The fraction of sp³-hybridized carbons (Fsp3) is 0.300. The van der Waals surface area contributed by atoms with Crippen molar-refractivity contribution in [3.63, 3.8) is 0 Å². The Morgan fingerprint density at radius 2 is 2.21 bits per heavy atom. The van der Waals surface area contributed by atoms with Gasteiger partial charge in [0.1, 0.15) is 5.75 Å². The van der Waals surface area contributed by atoms with E-state index in [-0.39, 0.29) is 6.42 Å². The van der Waals surface area contributed by atoms with Crippen LogP contribution in [0.25, 0.3) is 0 Å². The van der Waals surface area contributed by atoms with Gasteiger partial charge in [0.25, 0.3) is 0 Å². The Labute approximate surface area is 90.8 Å². The Morgan fingerprint density at radius 3 is 2.71 bits per heavy atom. The third-order valence-electron chi connectivity index (χ3n) is 2.02. The van der Waals surface area contributed by atoms with Gasteiger partial charge in [0.2, 0.25) is 0 Å². The number of benzene rings is 1. The number of methoxy groups -OCH3 is 1. The first kappa shape index (κ1) is 11.0. The fourth-order valence-electron chi connectivity index (χ4n) is 1.21. The number of carboxylic acids is 1. The maximum Gasteiger partial charge on any atom is 0.307 e. The van der Waals surface area contributed by atoms with Crippen molar-refractivity contribution in [3.8, 4) is 5.75 Å². The molecule has 3 nitrogen and oxygen atoms in total. The Balaban J connectivity index is 3.10. The molecule has 0 fully saturated rings. The van der Waals surface area contributed by atoms with Gasteiger partial charge in [-0.2, -0.15) is 0 Å². The first-order valence-electron chi connectivity index (χ1n) is 4.10. The molecule has 0 aromatic heterocycles. The van der Waals surface area contributed by atoms with Gasteiger partial charge in [-0.1, -0.05) is 6.07 Å². The largest absolute Gasteiger partial charge is 0.496 e. The first-order valence-corrected chi connectivity index (χ1v) is 4.89. The van der Waals surface area contributed by atoms with E-state index in [1.165, 1.54) is 0 Å². The molecule has 0 saturated carbocycles. The summed E-state index contributed by atoms with van der Waals surface area (Å²) in [5.74, 6) is -0.109. The third kappa shape index (κ3) is 2.26. The van der Waals surface area contributed by atoms with Gasteiger partial charge < -0.3 is 9.84 Å². The van der Waals surface area contributed by atoms with Crippen molar-refractivity contribution in [2.24, 2.45) is 0 Å². The standard InChI is InChI=1S/C10H11BrO3/c1-6-7(5-9(12)13)3-4-8(14-2)10(6)11/h3-4H,5H2,1-2H3,(H,12,13). The summed E-state index contributed by atoms with van der Waals surface area (Å²) in [6.07, 6.45) is 0.0361. The van der Waals surface area contributed by atoms with E-state index in [4.69, 9.17) is 9.84 Å². The molecule has 1 N–H and O–H groups in total. The van der Waals surface area contributed by atoms with Crippen molar-refractivity contribution in [1.82, 2.24) is 0 Å². The summed E-state index contributed by atoms with van der Waals surface area (Å²) in [6, 6.07) is 3.53. The molecule has 0 aliphatic heterocycles. The SMILES string of the molecule is COc1ccc(CC(=O)O)c(C)c1Br. The monoisotopic (exact) mass is 258 g/mol. The second-order valence-electron chi connectivity index (χ2n) is 2.94. The van der Waals surface area contributed by atoms with Crippen LogP contribution < -0.4 is 4.74 Å². The Kier molecular flexibility index (Phi) is 3.52. The van der Waals surface area contributed by atoms with Gasteiger partial charge in [-0.3, -0.25) is 4.79 Å².